The number of hydrogen-bond donors (Lipinski definition) is 3. The van der Waals surface area contributed by atoms with Gasteiger partial charge in [0.2, 0.25) is 15.9 Å². The van der Waals surface area contributed by atoms with E-state index >= 15 is 0 Å². The largest absolute Gasteiger partial charge is 0.452 e. The number of amides is 2. The lowest BCUT2D eigenvalue weighted by molar-refractivity contribution is -0.154. The van der Waals surface area contributed by atoms with Crippen LogP contribution in [0.4, 0.5) is 5.69 Å². The van der Waals surface area contributed by atoms with Gasteiger partial charge in [-0.05, 0) is 52.0 Å². The minimum atomic E-state index is -3.95. The Bertz CT molecular complexity index is 797. The van der Waals surface area contributed by atoms with Crippen LogP contribution in [0.3, 0.4) is 0 Å². The first-order valence-corrected chi connectivity index (χ1v) is 9.67. The number of carbonyl (C=O) groups is 3. The number of carbonyl (C=O) groups excluding carboxylic acids is 3. The van der Waals surface area contributed by atoms with Crippen molar-refractivity contribution in [1.29, 1.82) is 0 Å². The van der Waals surface area contributed by atoms with E-state index in [9.17, 15) is 22.8 Å². The van der Waals surface area contributed by atoms with Crippen LogP contribution in [-0.4, -0.2) is 44.4 Å². The van der Waals surface area contributed by atoms with E-state index in [1.165, 1.54) is 38.1 Å². The lowest BCUT2D eigenvalue weighted by Crippen LogP contribution is -2.46. The Labute approximate surface area is 158 Å². The van der Waals surface area contributed by atoms with Crippen molar-refractivity contribution < 1.29 is 27.5 Å². The first-order valence-electron chi connectivity index (χ1n) is 8.19. The Morgan fingerprint density at radius 3 is 2.15 bits per heavy atom. The topological polar surface area (TPSA) is 131 Å². The minimum absolute atomic E-state index is 0.0806. The summed E-state index contributed by atoms with van der Waals surface area (Å²) in [6, 6.07) is 5.43. The number of sulfonamides is 1. The van der Waals surface area contributed by atoms with Crippen LogP contribution >= 0.6 is 0 Å². The maximum atomic E-state index is 12.2. The maximum Gasteiger partial charge on any atom is 0.321 e. The molecule has 0 bridgehead atoms. The second-order valence-corrected chi connectivity index (χ2v) is 8.67. The molecular formula is C17H25N3O6S. The van der Waals surface area contributed by atoms with Gasteiger partial charge in [0.05, 0.1) is 4.90 Å². The zero-order valence-electron chi connectivity index (χ0n) is 16.0. The highest BCUT2D eigenvalue weighted by Gasteiger charge is 2.23. The standard InChI is InChI=1S/C17H25N3O6S/c1-11(16(23)20-17(3,4)5)26-15(22)10-18-27(24,25)14-8-6-13(7-9-14)19-12(2)21/h6-9,11,18H,10H2,1-5H3,(H,19,21)(H,20,23)/t11-/m1/s1. The Morgan fingerprint density at radius 2 is 1.67 bits per heavy atom. The summed E-state index contributed by atoms with van der Waals surface area (Å²) in [7, 11) is -3.95. The van der Waals surface area contributed by atoms with Crippen LogP contribution in [0.1, 0.15) is 34.6 Å². The third-order valence-corrected chi connectivity index (χ3v) is 4.48. The van der Waals surface area contributed by atoms with E-state index < -0.39 is 40.1 Å². The molecule has 1 aromatic carbocycles. The molecule has 3 N–H and O–H groups in total. The third-order valence-electron chi connectivity index (χ3n) is 3.07. The van der Waals surface area contributed by atoms with Gasteiger partial charge in [-0.2, -0.15) is 4.72 Å². The molecule has 0 aliphatic carbocycles. The van der Waals surface area contributed by atoms with Gasteiger partial charge in [0.25, 0.3) is 5.91 Å². The van der Waals surface area contributed by atoms with Gasteiger partial charge in [0.15, 0.2) is 6.10 Å². The highest BCUT2D eigenvalue weighted by atomic mass is 32.2. The number of benzene rings is 1. The Balaban J connectivity index is 2.61. The fourth-order valence-electron chi connectivity index (χ4n) is 1.92. The Hall–Kier alpha value is -2.46. The fraction of sp³-hybridized carbons (Fsp3) is 0.471. The molecule has 1 rings (SSSR count). The van der Waals surface area contributed by atoms with Crippen molar-refractivity contribution in [3.8, 4) is 0 Å². The molecule has 0 unspecified atom stereocenters. The molecule has 150 valence electrons. The van der Waals surface area contributed by atoms with E-state index in [-0.39, 0.29) is 10.8 Å². The number of esters is 1. The molecule has 0 saturated carbocycles. The minimum Gasteiger partial charge on any atom is -0.452 e. The van der Waals surface area contributed by atoms with E-state index in [0.29, 0.717) is 5.69 Å². The highest BCUT2D eigenvalue weighted by Crippen LogP contribution is 2.13. The van der Waals surface area contributed by atoms with Crippen molar-refractivity contribution in [3.63, 3.8) is 0 Å². The lowest BCUT2D eigenvalue weighted by Gasteiger charge is -2.23. The number of rotatable bonds is 7. The molecule has 0 aliphatic rings. The zero-order chi connectivity index (χ0) is 20.8. The van der Waals surface area contributed by atoms with Crippen LogP contribution in [-0.2, 0) is 29.1 Å². The number of hydrogen-bond acceptors (Lipinski definition) is 6. The van der Waals surface area contributed by atoms with E-state index in [1.54, 1.807) is 20.8 Å². The molecule has 0 saturated heterocycles. The third kappa shape index (κ3) is 8.18. The second kappa shape index (κ2) is 8.96. The van der Waals surface area contributed by atoms with Gasteiger partial charge in [0, 0.05) is 18.2 Å². The molecule has 9 nitrogen and oxygen atoms in total. The van der Waals surface area contributed by atoms with Crippen LogP contribution in [0.5, 0.6) is 0 Å². The number of nitrogens with one attached hydrogen (secondary N) is 3. The van der Waals surface area contributed by atoms with Gasteiger partial charge in [-0.15, -0.1) is 0 Å². The fourth-order valence-corrected chi connectivity index (χ4v) is 2.89. The van der Waals surface area contributed by atoms with Crippen molar-refractivity contribution in [3.05, 3.63) is 24.3 Å². The molecular weight excluding hydrogens is 374 g/mol. The van der Waals surface area contributed by atoms with Gasteiger partial charge >= 0.3 is 5.97 Å². The summed E-state index contributed by atoms with van der Waals surface area (Å²) in [6.45, 7) is 7.46. The molecule has 0 radical (unpaired) electrons. The summed E-state index contributed by atoms with van der Waals surface area (Å²) in [5.74, 6) is -1.65. The second-order valence-electron chi connectivity index (χ2n) is 6.90. The molecule has 0 spiro atoms. The van der Waals surface area contributed by atoms with Gasteiger partial charge in [-0.3, -0.25) is 14.4 Å². The van der Waals surface area contributed by atoms with E-state index in [1.807, 2.05) is 0 Å². The van der Waals surface area contributed by atoms with Gasteiger partial charge in [0.1, 0.15) is 6.54 Å². The smallest absolute Gasteiger partial charge is 0.321 e. The summed E-state index contributed by atoms with van der Waals surface area (Å²) < 4.78 is 31.4. The average molecular weight is 399 g/mol. The van der Waals surface area contributed by atoms with E-state index in [4.69, 9.17) is 4.74 Å². The van der Waals surface area contributed by atoms with Crippen molar-refractivity contribution in [2.45, 2.75) is 51.2 Å². The Morgan fingerprint density at radius 1 is 1.11 bits per heavy atom. The van der Waals surface area contributed by atoms with Crippen molar-refractivity contribution in [2.75, 3.05) is 11.9 Å². The number of anilines is 1. The predicted octanol–water partition coefficient (Wildman–Crippen LogP) is 0.770. The molecule has 27 heavy (non-hydrogen) atoms. The monoisotopic (exact) mass is 399 g/mol. The first kappa shape index (κ1) is 22.6. The summed E-state index contributed by atoms with van der Waals surface area (Å²) >= 11 is 0. The van der Waals surface area contributed by atoms with Crippen LogP contribution in [0.25, 0.3) is 0 Å². The molecule has 1 atom stereocenters. The Kier molecular flexibility index (Phi) is 7.49. The van der Waals surface area contributed by atoms with Crippen molar-refractivity contribution >= 4 is 33.5 Å². The van der Waals surface area contributed by atoms with E-state index in [2.05, 4.69) is 15.4 Å². The summed E-state index contributed by atoms with van der Waals surface area (Å²) in [6.07, 6.45) is -1.06. The first-order chi connectivity index (χ1) is 12.3. The summed E-state index contributed by atoms with van der Waals surface area (Å²) in [4.78, 5) is 34.6. The van der Waals surface area contributed by atoms with Crippen LogP contribution in [0.2, 0.25) is 0 Å². The molecule has 10 heteroatoms. The van der Waals surface area contributed by atoms with Crippen LogP contribution in [0.15, 0.2) is 29.2 Å². The normalized spacial score (nSPS) is 12.8. The quantitative estimate of drug-likeness (QED) is 0.581. The molecule has 0 heterocycles. The van der Waals surface area contributed by atoms with Crippen LogP contribution in [0, 0.1) is 0 Å². The van der Waals surface area contributed by atoms with Gasteiger partial charge < -0.3 is 15.4 Å². The predicted molar refractivity (Wildman–Crippen MR) is 99.4 cm³/mol. The number of ether oxygens (including phenoxy) is 1. The maximum absolute atomic E-state index is 12.2. The van der Waals surface area contributed by atoms with Crippen molar-refractivity contribution in [2.24, 2.45) is 0 Å². The van der Waals surface area contributed by atoms with Crippen molar-refractivity contribution in [1.82, 2.24) is 10.0 Å². The van der Waals surface area contributed by atoms with E-state index in [0.717, 1.165) is 0 Å². The average Bonchev–Trinajstić information content (AvgIpc) is 2.51. The van der Waals surface area contributed by atoms with Gasteiger partial charge in [-0.25, -0.2) is 8.42 Å². The molecule has 0 aromatic heterocycles. The molecule has 0 aliphatic heterocycles. The SMILES string of the molecule is CC(=O)Nc1ccc(S(=O)(=O)NCC(=O)O[C@H](C)C(=O)NC(C)(C)C)cc1. The molecule has 2 amide bonds. The summed E-state index contributed by atoms with van der Waals surface area (Å²) in [5.41, 5.74) is -0.0394. The molecule has 0 fully saturated rings. The van der Waals surface area contributed by atoms with Gasteiger partial charge in [-0.1, -0.05) is 0 Å². The van der Waals surface area contributed by atoms with Crippen LogP contribution < -0.4 is 15.4 Å². The highest BCUT2D eigenvalue weighted by molar-refractivity contribution is 7.89. The summed E-state index contributed by atoms with van der Waals surface area (Å²) in [5, 5.41) is 5.17. The molecule has 1 aromatic rings. The lowest BCUT2D eigenvalue weighted by atomic mass is 10.1. The zero-order valence-corrected chi connectivity index (χ0v) is 16.8.